The molecule has 0 spiro atoms. The van der Waals surface area contributed by atoms with Crippen molar-refractivity contribution >= 4 is 14.3 Å². The van der Waals surface area contributed by atoms with E-state index in [9.17, 15) is 9.90 Å². The Balaban J connectivity index is 2.49. The van der Waals surface area contributed by atoms with E-state index in [1.165, 1.54) is 5.57 Å². The molecule has 6 heteroatoms. The maximum atomic E-state index is 11.3. The van der Waals surface area contributed by atoms with Crippen molar-refractivity contribution in [3.8, 4) is 5.75 Å². The van der Waals surface area contributed by atoms with Gasteiger partial charge in [0.25, 0.3) is 0 Å². The van der Waals surface area contributed by atoms with Gasteiger partial charge in [-0.15, -0.1) is 0 Å². The van der Waals surface area contributed by atoms with Crippen molar-refractivity contribution in [3.63, 3.8) is 0 Å². The summed E-state index contributed by atoms with van der Waals surface area (Å²) < 4.78 is 17.2. The predicted molar refractivity (Wildman–Crippen MR) is 120 cm³/mol. The maximum absolute atomic E-state index is 11.3. The van der Waals surface area contributed by atoms with E-state index in [-0.39, 0.29) is 17.6 Å². The fourth-order valence-corrected chi connectivity index (χ4v) is 3.97. The minimum absolute atomic E-state index is 0.0494. The van der Waals surface area contributed by atoms with Gasteiger partial charge in [-0.1, -0.05) is 44.6 Å². The molecule has 164 valence electrons. The number of hydrogen-bond donors (Lipinski definition) is 1. The number of hydrogen-bond acceptors (Lipinski definition) is 4. The number of methoxy groups -OCH3 is 1. The topological polar surface area (TPSA) is 65.0 Å². The predicted octanol–water partition coefficient (Wildman–Crippen LogP) is 5.80. The molecule has 1 rings (SSSR count). The summed E-state index contributed by atoms with van der Waals surface area (Å²) >= 11 is 0. The molecule has 0 aromatic heterocycles. The van der Waals surface area contributed by atoms with Crippen LogP contribution in [-0.4, -0.2) is 39.2 Å². The maximum Gasteiger partial charge on any atom is 0.305 e. The first-order chi connectivity index (χ1) is 13.4. The molecular weight excluding hydrogens is 384 g/mol. The lowest BCUT2D eigenvalue weighted by molar-refractivity contribution is -0.139. The zero-order valence-corrected chi connectivity index (χ0v) is 20.1. The van der Waals surface area contributed by atoms with Crippen LogP contribution in [0.5, 0.6) is 5.75 Å². The Morgan fingerprint density at radius 3 is 2.34 bits per heavy atom. The van der Waals surface area contributed by atoms with Gasteiger partial charge in [0.15, 0.2) is 8.32 Å². The molecule has 0 aliphatic carbocycles. The Hall–Kier alpha value is -1.63. The number of aliphatic carboxylic acids is 1. The monoisotopic (exact) mass is 422 g/mol. The zero-order valence-electron chi connectivity index (χ0n) is 19.1. The van der Waals surface area contributed by atoms with Gasteiger partial charge >= 0.3 is 5.97 Å². The molecule has 1 N–H and O–H groups in total. The van der Waals surface area contributed by atoms with E-state index in [2.05, 4.69) is 46.9 Å². The summed E-state index contributed by atoms with van der Waals surface area (Å²) in [4.78, 5) is 11.3. The standard InChI is InChI=1S/C23H38O5Si/c1-18(14-15-27-17-19-9-12-20(26-5)13-10-19)8-11-21(16-22(24)25)28-29(6,7)23(2,3)4/h9-10,12-14,21H,8,11,15-17H2,1-7H3,(H,24,25)/t21-/m1/s1. The van der Waals surface area contributed by atoms with Crippen LogP contribution in [0.25, 0.3) is 0 Å². The van der Waals surface area contributed by atoms with Crippen LogP contribution in [0.2, 0.25) is 18.1 Å². The van der Waals surface area contributed by atoms with E-state index in [1.54, 1.807) is 7.11 Å². The Morgan fingerprint density at radius 1 is 1.21 bits per heavy atom. The van der Waals surface area contributed by atoms with Crippen molar-refractivity contribution < 1.29 is 23.8 Å². The van der Waals surface area contributed by atoms with Gasteiger partial charge in [-0.2, -0.15) is 0 Å². The third-order valence-electron chi connectivity index (χ3n) is 5.51. The number of rotatable bonds is 12. The average Bonchev–Trinajstić information content (AvgIpc) is 2.62. The van der Waals surface area contributed by atoms with Crippen molar-refractivity contribution in [1.82, 2.24) is 0 Å². The molecule has 0 aliphatic rings. The van der Waals surface area contributed by atoms with Crippen LogP contribution < -0.4 is 4.74 Å². The van der Waals surface area contributed by atoms with Crippen molar-refractivity contribution in [2.45, 2.75) is 77.8 Å². The fourth-order valence-electron chi connectivity index (χ4n) is 2.58. The summed E-state index contributed by atoms with van der Waals surface area (Å²) in [5.74, 6) is 0.0264. The molecule has 5 nitrogen and oxygen atoms in total. The highest BCUT2D eigenvalue weighted by atomic mass is 28.4. The zero-order chi connectivity index (χ0) is 22.1. The largest absolute Gasteiger partial charge is 0.497 e. The Kier molecular flexibility index (Phi) is 10.1. The third-order valence-corrected chi connectivity index (χ3v) is 10.0. The van der Waals surface area contributed by atoms with Crippen LogP contribution in [0.4, 0.5) is 0 Å². The second kappa shape index (κ2) is 11.5. The van der Waals surface area contributed by atoms with Crippen LogP contribution in [0.3, 0.4) is 0 Å². The first-order valence-electron chi connectivity index (χ1n) is 10.2. The van der Waals surface area contributed by atoms with E-state index in [0.29, 0.717) is 19.6 Å². The van der Waals surface area contributed by atoms with Gasteiger partial charge in [0.1, 0.15) is 5.75 Å². The Labute approximate surface area is 177 Å². The lowest BCUT2D eigenvalue weighted by atomic mass is 10.1. The summed E-state index contributed by atoms with van der Waals surface area (Å²) in [5.41, 5.74) is 2.29. The number of benzene rings is 1. The molecule has 1 aromatic rings. The van der Waals surface area contributed by atoms with E-state index in [0.717, 1.165) is 17.7 Å². The molecule has 0 heterocycles. The number of ether oxygens (including phenoxy) is 2. The summed E-state index contributed by atoms with van der Waals surface area (Å²) in [6.45, 7) is 14.0. The molecule has 0 radical (unpaired) electrons. The van der Waals surface area contributed by atoms with Gasteiger partial charge in [0.2, 0.25) is 0 Å². The number of carboxylic acid groups (broad SMARTS) is 1. The molecule has 0 fully saturated rings. The van der Waals surface area contributed by atoms with Crippen LogP contribution in [0, 0.1) is 0 Å². The normalized spacial score (nSPS) is 14.0. The summed E-state index contributed by atoms with van der Waals surface area (Å²) in [6.07, 6.45) is 3.37. The average molecular weight is 423 g/mol. The lowest BCUT2D eigenvalue weighted by Crippen LogP contribution is -2.44. The van der Waals surface area contributed by atoms with E-state index in [1.807, 2.05) is 24.3 Å². The molecule has 0 aliphatic heterocycles. The van der Waals surface area contributed by atoms with Gasteiger partial charge in [0, 0.05) is 0 Å². The van der Waals surface area contributed by atoms with E-state index in [4.69, 9.17) is 13.9 Å². The Morgan fingerprint density at radius 2 is 1.83 bits per heavy atom. The molecule has 0 saturated carbocycles. The van der Waals surface area contributed by atoms with E-state index >= 15 is 0 Å². The minimum atomic E-state index is -2.00. The fraction of sp³-hybridized carbons (Fsp3) is 0.609. The highest BCUT2D eigenvalue weighted by Crippen LogP contribution is 2.38. The van der Waals surface area contributed by atoms with Crippen molar-refractivity contribution in [1.29, 1.82) is 0 Å². The van der Waals surface area contributed by atoms with Crippen molar-refractivity contribution in [2.75, 3.05) is 13.7 Å². The summed E-state index contributed by atoms with van der Waals surface area (Å²) in [7, 11) is -0.349. The first kappa shape index (κ1) is 25.4. The van der Waals surface area contributed by atoms with Crippen molar-refractivity contribution in [2.24, 2.45) is 0 Å². The van der Waals surface area contributed by atoms with Gasteiger partial charge in [-0.25, -0.2) is 0 Å². The molecule has 0 amide bonds. The molecule has 1 atom stereocenters. The van der Waals surface area contributed by atoms with Gasteiger partial charge < -0.3 is 19.0 Å². The number of allylic oxidation sites excluding steroid dienone is 1. The summed E-state index contributed by atoms with van der Waals surface area (Å²) in [6, 6.07) is 7.82. The smallest absolute Gasteiger partial charge is 0.305 e. The first-order valence-corrected chi connectivity index (χ1v) is 13.1. The third kappa shape index (κ3) is 9.61. The number of carboxylic acids is 1. The van der Waals surface area contributed by atoms with Crippen LogP contribution in [0.1, 0.15) is 52.5 Å². The quantitative estimate of drug-likeness (QED) is 0.262. The Bertz CT molecular complexity index is 659. The lowest BCUT2D eigenvalue weighted by Gasteiger charge is -2.39. The second-order valence-corrected chi connectivity index (χ2v) is 13.8. The highest BCUT2D eigenvalue weighted by molar-refractivity contribution is 6.74. The number of carbonyl (C=O) groups is 1. The van der Waals surface area contributed by atoms with Gasteiger partial charge in [-0.05, 0) is 55.6 Å². The molecule has 29 heavy (non-hydrogen) atoms. The molecule has 0 bridgehead atoms. The van der Waals surface area contributed by atoms with Crippen LogP contribution in [0.15, 0.2) is 35.9 Å². The second-order valence-electron chi connectivity index (χ2n) is 9.05. The molecule has 1 aromatic carbocycles. The van der Waals surface area contributed by atoms with E-state index < -0.39 is 14.3 Å². The van der Waals surface area contributed by atoms with Gasteiger partial charge in [-0.3, -0.25) is 4.79 Å². The molecule has 0 saturated heterocycles. The molecular formula is C23H38O5Si. The summed E-state index contributed by atoms with van der Waals surface area (Å²) in [5, 5.41) is 9.32. The van der Waals surface area contributed by atoms with Crippen LogP contribution in [-0.2, 0) is 20.6 Å². The highest BCUT2D eigenvalue weighted by Gasteiger charge is 2.39. The van der Waals surface area contributed by atoms with Crippen LogP contribution >= 0.6 is 0 Å². The minimum Gasteiger partial charge on any atom is -0.497 e. The SMILES string of the molecule is COc1ccc(COCC=C(C)CC[C@H](CC(=O)O)O[Si](C)(C)C(C)(C)C)cc1. The molecule has 0 unspecified atom stereocenters. The van der Waals surface area contributed by atoms with Gasteiger partial charge in [0.05, 0.1) is 32.8 Å². The van der Waals surface area contributed by atoms with Crippen molar-refractivity contribution in [3.05, 3.63) is 41.5 Å².